The van der Waals surface area contributed by atoms with Gasteiger partial charge >= 0.3 is 0 Å². The number of hydrogen-bond acceptors (Lipinski definition) is 3. The topological polar surface area (TPSA) is 56.7 Å². The van der Waals surface area contributed by atoms with E-state index in [-0.39, 0.29) is 4.99 Å². The standard InChI is InChI=1S/C14H11ClN4S/c1-8-11(15)7-19(18-8)14-10(13(16)20)6-9-4-2-3-5-12(9)17-14/h2-7H,1H3,(H2,16,20). The Morgan fingerprint density at radius 1 is 1.35 bits per heavy atom. The molecule has 2 heterocycles. The van der Waals surface area contributed by atoms with E-state index in [2.05, 4.69) is 10.1 Å². The molecule has 0 spiro atoms. The minimum atomic E-state index is 0.280. The lowest BCUT2D eigenvalue weighted by Gasteiger charge is -2.09. The van der Waals surface area contributed by atoms with Crippen LogP contribution in [0.4, 0.5) is 0 Å². The summed E-state index contributed by atoms with van der Waals surface area (Å²) in [6, 6.07) is 9.70. The van der Waals surface area contributed by atoms with Gasteiger partial charge in [0.2, 0.25) is 0 Å². The van der Waals surface area contributed by atoms with Crippen molar-refractivity contribution in [1.29, 1.82) is 0 Å². The van der Waals surface area contributed by atoms with Crippen LogP contribution in [0.15, 0.2) is 36.5 Å². The van der Waals surface area contributed by atoms with E-state index < -0.39 is 0 Å². The van der Waals surface area contributed by atoms with Crippen LogP contribution < -0.4 is 5.73 Å². The molecule has 3 aromatic rings. The number of hydrogen-bond donors (Lipinski definition) is 1. The normalized spacial score (nSPS) is 10.9. The largest absolute Gasteiger partial charge is 0.389 e. The minimum absolute atomic E-state index is 0.280. The van der Waals surface area contributed by atoms with Crippen molar-refractivity contribution in [2.24, 2.45) is 5.73 Å². The fourth-order valence-corrected chi connectivity index (χ4v) is 2.29. The summed E-state index contributed by atoms with van der Waals surface area (Å²) in [6.07, 6.45) is 1.70. The van der Waals surface area contributed by atoms with Gasteiger partial charge in [0.05, 0.1) is 28.0 Å². The van der Waals surface area contributed by atoms with Crippen LogP contribution in [0.1, 0.15) is 11.3 Å². The molecular weight excluding hydrogens is 292 g/mol. The van der Waals surface area contributed by atoms with Crippen molar-refractivity contribution in [1.82, 2.24) is 14.8 Å². The number of benzene rings is 1. The molecule has 2 N–H and O–H groups in total. The van der Waals surface area contributed by atoms with Gasteiger partial charge in [0.1, 0.15) is 4.99 Å². The summed E-state index contributed by atoms with van der Waals surface area (Å²) >= 11 is 11.2. The number of aromatic nitrogens is 3. The van der Waals surface area contributed by atoms with Crippen LogP contribution in [0.5, 0.6) is 0 Å². The number of fused-ring (bicyclic) bond motifs is 1. The molecule has 4 nitrogen and oxygen atoms in total. The molecule has 6 heteroatoms. The van der Waals surface area contributed by atoms with Crippen LogP contribution in [0.2, 0.25) is 5.02 Å². The van der Waals surface area contributed by atoms with Gasteiger partial charge in [-0.25, -0.2) is 9.67 Å². The van der Waals surface area contributed by atoms with Crippen molar-refractivity contribution in [3.8, 4) is 5.82 Å². The second-order valence-corrected chi connectivity index (χ2v) is 5.27. The molecule has 0 aliphatic heterocycles. The molecule has 0 saturated heterocycles. The molecule has 2 aromatic heterocycles. The first-order valence-electron chi connectivity index (χ1n) is 5.98. The fraction of sp³-hybridized carbons (Fsp3) is 0.0714. The van der Waals surface area contributed by atoms with Crippen molar-refractivity contribution >= 4 is 39.7 Å². The number of nitrogens with two attached hydrogens (primary N) is 1. The molecule has 0 bridgehead atoms. The van der Waals surface area contributed by atoms with E-state index in [0.717, 1.165) is 16.6 Å². The SMILES string of the molecule is Cc1nn(-c2nc3ccccc3cc2C(N)=S)cc1Cl. The zero-order valence-electron chi connectivity index (χ0n) is 10.7. The summed E-state index contributed by atoms with van der Waals surface area (Å²) in [5, 5.41) is 5.90. The van der Waals surface area contributed by atoms with Crippen molar-refractivity contribution in [3.63, 3.8) is 0 Å². The van der Waals surface area contributed by atoms with Gasteiger partial charge in [-0.1, -0.05) is 42.0 Å². The Kier molecular flexibility index (Phi) is 3.16. The predicted octanol–water partition coefficient (Wildman–Crippen LogP) is 3.02. The summed E-state index contributed by atoms with van der Waals surface area (Å²) in [6.45, 7) is 1.83. The Hall–Kier alpha value is -1.98. The molecule has 0 radical (unpaired) electrons. The molecule has 20 heavy (non-hydrogen) atoms. The highest BCUT2D eigenvalue weighted by Crippen LogP contribution is 2.22. The number of pyridine rings is 1. The number of rotatable bonds is 2. The van der Waals surface area contributed by atoms with Gasteiger partial charge in [-0.2, -0.15) is 5.10 Å². The second kappa shape index (κ2) is 4.85. The molecule has 0 aliphatic carbocycles. The molecule has 0 atom stereocenters. The van der Waals surface area contributed by atoms with Crippen molar-refractivity contribution in [2.45, 2.75) is 6.92 Å². The third-order valence-corrected chi connectivity index (χ3v) is 3.62. The van der Waals surface area contributed by atoms with Gasteiger partial charge < -0.3 is 5.73 Å². The van der Waals surface area contributed by atoms with Gasteiger partial charge in [0, 0.05) is 5.39 Å². The Bertz CT molecular complexity index is 806. The third-order valence-electron chi connectivity index (χ3n) is 3.03. The monoisotopic (exact) mass is 302 g/mol. The molecule has 1 aromatic carbocycles. The van der Waals surface area contributed by atoms with Crippen molar-refractivity contribution in [3.05, 3.63) is 52.8 Å². The third kappa shape index (κ3) is 2.15. The van der Waals surface area contributed by atoms with Crippen molar-refractivity contribution in [2.75, 3.05) is 0 Å². The summed E-state index contributed by atoms with van der Waals surface area (Å²) in [7, 11) is 0. The highest BCUT2D eigenvalue weighted by molar-refractivity contribution is 7.80. The zero-order chi connectivity index (χ0) is 14.3. The van der Waals surface area contributed by atoms with E-state index in [9.17, 15) is 0 Å². The van der Waals surface area contributed by atoms with Crippen LogP contribution in [-0.4, -0.2) is 19.8 Å². The lowest BCUT2D eigenvalue weighted by Crippen LogP contribution is -2.15. The molecule has 0 fully saturated rings. The first-order chi connectivity index (χ1) is 9.56. The van der Waals surface area contributed by atoms with E-state index in [1.165, 1.54) is 0 Å². The summed E-state index contributed by atoms with van der Waals surface area (Å²) in [5.41, 5.74) is 8.07. The minimum Gasteiger partial charge on any atom is -0.389 e. The smallest absolute Gasteiger partial charge is 0.164 e. The van der Waals surface area contributed by atoms with E-state index >= 15 is 0 Å². The maximum atomic E-state index is 6.05. The Morgan fingerprint density at radius 3 is 2.75 bits per heavy atom. The Labute approximate surface area is 126 Å². The van der Waals surface area contributed by atoms with E-state index in [1.807, 2.05) is 37.3 Å². The summed E-state index contributed by atoms with van der Waals surface area (Å²) < 4.78 is 1.61. The van der Waals surface area contributed by atoms with Crippen LogP contribution >= 0.6 is 23.8 Å². The zero-order valence-corrected chi connectivity index (χ0v) is 12.2. The summed E-state index contributed by atoms with van der Waals surface area (Å²) in [5.74, 6) is 0.589. The van der Waals surface area contributed by atoms with E-state index in [1.54, 1.807) is 10.9 Å². The van der Waals surface area contributed by atoms with E-state index in [4.69, 9.17) is 29.6 Å². The van der Waals surface area contributed by atoms with Crippen molar-refractivity contribution < 1.29 is 0 Å². The van der Waals surface area contributed by atoms with E-state index in [0.29, 0.717) is 16.4 Å². The molecule has 3 rings (SSSR count). The maximum absolute atomic E-state index is 6.05. The summed E-state index contributed by atoms with van der Waals surface area (Å²) in [4.78, 5) is 4.88. The molecule has 0 amide bonds. The number of aryl methyl sites for hydroxylation is 1. The van der Waals surface area contributed by atoms with Gasteiger partial charge in [0.25, 0.3) is 0 Å². The first-order valence-corrected chi connectivity index (χ1v) is 6.76. The first kappa shape index (κ1) is 13.0. The highest BCUT2D eigenvalue weighted by atomic mass is 35.5. The van der Waals surface area contributed by atoms with Gasteiger partial charge in [-0.3, -0.25) is 0 Å². The molecule has 0 saturated carbocycles. The van der Waals surface area contributed by atoms with Gasteiger partial charge in [-0.05, 0) is 19.1 Å². The van der Waals surface area contributed by atoms with Crippen LogP contribution in [0, 0.1) is 6.92 Å². The fourth-order valence-electron chi connectivity index (χ4n) is 2.01. The quantitative estimate of drug-likeness (QED) is 0.739. The van der Waals surface area contributed by atoms with Crippen LogP contribution in [-0.2, 0) is 0 Å². The second-order valence-electron chi connectivity index (χ2n) is 4.42. The maximum Gasteiger partial charge on any atom is 0.164 e. The predicted molar refractivity (Wildman–Crippen MR) is 84.5 cm³/mol. The lowest BCUT2D eigenvalue weighted by molar-refractivity contribution is 0.835. The Balaban J connectivity index is 2.32. The Morgan fingerprint density at radius 2 is 2.10 bits per heavy atom. The number of nitrogens with zero attached hydrogens (tertiary/aromatic N) is 3. The van der Waals surface area contributed by atoms with Crippen LogP contribution in [0.25, 0.3) is 16.7 Å². The molecule has 0 aliphatic rings. The average Bonchev–Trinajstić information content (AvgIpc) is 2.77. The van der Waals surface area contributed by atoms with Crippen LogP contribution in [0.3, 0.4) is 0 Å². The molecular formula is C14H11ClN4S. The average molecular weight is 303 g/mol. The molecule has 0 unspecified atom stereocenters. The highest BCUT2D eigenvalue weighted by Gasteiger charge is 2.13. The number of thiocarbonyl (C=S) groups is 1. The number of halogens is 1. The lowest BCUT2D eigenvalue weighted by atomic mass is 10.1. The number of para-hydroxylation sites is 1. The van der Waals surface area contributed by atoms with Gasteiger partial charge in [-0.15, -0.1) is 0 Å². The molecule has 100 valence electrons. The van der Waals surface area contributed by atoms with Gasteiger partial charge in [0.15, 0.2) is 5.82 Å².